The lowest BCUT2D eigenvalue weighted by Crippen LogP contribution is -2.30. The van der Waals surface area contributed by atoms with Gasteiger partial charge in [0.1, 0.15) is 11.6 Å². The van der Waals surface area contributed by atoms with E-state index in [1.807, 2.05) is 16.7 Å². The second kappa shape index (κ2) is 8.73. The van der Waals surface area contributed by atoms with Crippen LogP contribution in [0.15, 0.2) is 36.4 Å². The fraction of sp³-hybridized carbons (Fsp3) is 0.385. The smallest absolute Gasteiger partial charge is 0.387 e. The highest BCUT2D eigenvalue weighted by Crippen LogP contribution is 2.49. The van der Waals surface area contributed by atoms with E-state index in [1.165, 1.54) is 18.2 Å². The average molecular weight is 468 g/mol. The van der Waals surface area contributed by atoms with Crippen LogP contribution in [-0.2, 0) is 0 Å². The van der Waals surface area contributed by atoms with Gasteiger partial charge in [-0.25, -0.2) is 4.98 Å². The van der Waals surface area contributed by atoms with Crippen molar-refractivity contribution in [1.29, 1.82) is 0 Å². The maximum atomic E-state index is 13.5. The number of aromatic nitrogens is 2. The number of carbonyl (C=O) groups is 1. The zero-order valence-electron chi connectivity index (χ0n) is 21.9. The summed E-state index contributed by atoms with van der Waals surface area (Å²) in [6.45, 7) is 0.691. The van der Waals surface area contributed by atoms with Gasteiger partial charge in [0, 0.05) is 34.2 Å². The van der Waals surface area contributed by atoms with Crippen molar-refractivity contribution in [2.45, 2.75) is 39.0 Å². The lowest BCUT2D eigenvalue weighted by atomic mass is 9.97. The first kappa shape index (κ1) is 18.9. The maximum Gasteiger partial charge on any atom is 0.387 e. The molecule has 2 aliphatic rings. The molecule has 0 N–H and O–H groups in total. The third-order valence-electron chi connectivity index (χ3n) is 6.58. The fourth-order valence-electron chi connectivity index (χ4n) is 4.89. The Balaban J connectivity index is 1.69. The van der Waals surface area contributed by atoms with Crippen LogP contribution < -0.4 is 4.74 Å². The predicted octanol–water partition coefficient (Wildman–Crippen LogP) is 4.45. The molecule has 3 heterocycles. The summed E-state index contributed by atoms with van der Waals surface area (Å²) < 4.78 is 57.6. The topological polar surface area (TPSA) is 50.6 Å². The molecule has 1 aromatic heterocycles. The third-order valence-corrected chi connectivity index (χ3v) is 6.58. The zero-order valence-corrected chi connectivity index (χ0v) is 18.9. The standard InChI is InChI=1S/C26H26F2N4O2/c1-4-31(5-2)13-7-8-16-11-12-18-19(14-16)32-20-15-21(24(32)29-18)30(3)25(33)17-9-6-10-22(23(17)20)34-26(27)28/h6,9-12,14,20-21,26H,4-5,13,15H2,1-3H3/t20-,21-/m1/s1/i3D3. The summed E-state index contributed by atoms with van der Waals surface area (Å²) in [5.74, 6) is 5.84. The van der Waals surface area contributed by atoms with Gasteiger partial charge in [0.25, 0.3) is 5.91 Å². The van der Waals surface area contributed by atoms with Crippen LogP contribution in [0.4, 0.5) is 8.78 Å². The van der Waals surface area contributed by atoms with Gasteiger partial charge >= 0.3 is 6.61 Å². The molecule has 3 aromatic rings. The quantitative estimate of drug-likeness (QED) is 0.521. The molecule has 176 valence electrons. The first-order valence-electron chi connectivity index (χ1n) is 12.8. The number of imidazole rings is 1. The van der Waals surface area contributed by atoms with Crippen molar-refractivity contribution >= 4 is 16.9 Å². The van der Waals surface area contributed by atoms with Crippen molar-refractivity contribution in [1.82, 2.24) is 19.4 Å². The Kier molecular flexibility index (Phi) is 4.86. The summed E-state index contributed by atoms with van der Waals surface area (Å²) in [4.78, 5) is 21.2. The zero-order chi connectivity index (χ0) is 26.5. The maximum absolute atomic E-state index is 13.5. The van der Waals surface area contributed by atoms with Gasteiger partial charge in [-0.05, 0) is 43.4 Å². The molecule has 2 aliphatic heterocycles. The van der Waals surface area contributed by atoms with Crippen LogP contribution in [0.25, 0.3) is 11.0 Å². The van der Waals surface area contributed by atoms with Crippen LogP contribution in [0.2, 0.25) is 0 Å². The molecule has 0 unspecified atom stereocenters. The molecule has 34 heavy (non-hydrogen) atoms. The molecule has 1 amide bonds. The lowest BCUT2D eigenvalue weighted by molar-refractivity contribution is -0.0507. The van der Waals surface area contributed by atoms with Crippen molar-refractivity contribution in [3.63, 3.8) is 0 Å². The highest BCUT2D eigenvalue weighted by atomic mass is 19.3. The van der Waals surface area contributed by atoms with Crippen LogP contribution in [0.3, 0.4) is 0 Å². The number of halogens is 2. The minimum atomic E-state index is -3.10. The number of hydrogen-bond donors (Lipinski definition) is 0. The van der Waals surface area contributed by atoms with E-state index < -0.39 is 31.6 Å². The molecule has 0 spiro atoms. The molecule has 6 nitrogen and oxygen atoms in total. The molecule has 0 radical (unpaired) electrons. The second-order valence-electron chi connectivity index (χ2n) is 8.35. The predicted molar refractivity (Wildman–Crippen MR) is 125 cm³/mol. The van der Waals surface area contributed by atoms with Crippen molar-refractivity contribution in [3.8, 4) is 17.6 Å². The fourth-order valence-corrected chi connectivity index (χ4v) is 4.89. The van der Waals surface area contributed by atoms with E-state index in [0.29, 0.717) is 23.4 Å². The molecule has 0 fully saturated rings. The summed E-state index contributed by atoms with van der Waals surface area (Å²) in [7, 11) is 0. The van der Waals surface area contributed by atoms with E-state index in [2.05, 4.69) is 35.6 Å². The summed E-state index contributed by atoms with van der Waals surface area (Å²) in [5, 5.41) is 0. The number of ether oxygens (including phenoxy) is 1. The highest BCUT2D eigenvalue weighted by molar-refractivity contribution is 5.97. The molecule has 0 aliphatic carbocycles. The molecule has 0 saturated carbocycles. The number of alkyl halides is 2. The van der Waals surface area contributed by atoms with E-state index in [-0.39, 0.29) is 23.3 Å². The number of rotatable bonds is 5. The van der Waals surface area contributed by atoms with Gasteiger partial charge in [0.15, 0.2) is 0 Å². The number of amides is 1. The Morgan fingerprint density at radius 1 is 1.26 bits per heavy atom. The van der Waals surface area contributed by atoms with E-state index in [9.17, 15) is 13.6 Å². The molecule has 8 heteroatoms. The van der Waals surface area contributed by atoms with Gasteiger partial charge in [-0.2, -0.15) is 8.78 Å². The molecule has 2 bridgehead atoms. The summed E-state index contributed by atoms with van der Waals surface area (Å²) in [5.41, 5.74) is 2.31. The van der Waals surface area contributed by atoms with E-state index >= 15 is 0 Å². The third kappa shape index (κ3) is 3.61. The number of fused-ring (bicyclic) bond motifs is 9. The monoisotopic (exact) mass is 467 g/mol. The summed E-state index contributed by atoms with van der Waals surface area (Å²) in [6, 6.07) is 8.29. The van der Waals surface area contributed by atoms with Crippen molar-refractivity contribution in [2.75, 3.05) is 26.6 Å². The molecular formula is C26H26F2N4O2. The van der Waals surface area contributed by atoms with Gasteiger partial charge in [-0.3, -0.25) is 9.69 Å². The van der Waals surface area contributed by atoms with Crippen molar-refractivity contribution in [3.05, 3.63) is 58.9 Å². The largest absolute Gasteiger partial charge is 0.434 e. The SMILES string of the molecule is [2H]C([2H])([2H])N1C(=O)c2cccc(OC(F)F)c2[C@H]2C[C@@H]1c1nc3ccc(C#CCN(CC)CC)cc3n12. The Bertz CT molecular complexity index is 1420. The minimum Gasteiger partial charge on any atom is -0.434 e. The average Bonchev–Trinajstić information content (AvgIpc) is 3.33. The van der Waals surface area contributed by atoms with Crippen LogP contribution in [-0.4, -0.2) is 58.5 Å². The summed E-state index contributed by atoms with van der Waals surface area (Å²) >= 11 is 0. The minimum absolute atomic E-state index is 0.0319. The number of hydrogen-bond acceptors (Lipinski definition) is 4. The summed E-state index contributed by atoms with van der Waals surface area (Å²) in [6.07, 6.45) is 0.177. The van der Waals surface area contributed by atoms with Crippen molar-refractivity contribution < 1.29 is 22.4 Å². The molecular weight excluding hydrogens is 438 g/mol. The van der Waals surface area contributed by atoms with E-state index in [4.69, 9.17) is 8.85 Å². The normalized spacial score (nSPS) is 20.4. The Morgan fingerprint density at radius 2 is 2.09 bits per heavy atom. The number of nitrogens with zero attached hydrogens (tertiary/aromatic N) is 4. The van der Waals surface area contributed by atoms with Gasteiger partial charge in [0.05, 0.1) is 29.7 Å². The van der Waals surface area contributed by atoms with Crippen LogP contribution in [0, 0.1) is 11.8 Å². The van der Waals surface area contributed by atoms with Crippen LogP contribution in [0.5, 0.6) is 5.75 Å². The van der Waals surface area contributed by atoms with Crippen molar-refractivity contribution in [2.24, 2.45) is 0 Å². The first-order valence-corrected chi connectivity index (χ1v) is 11.3. The molecule has 0 saturated heterocycles. The first-order chi connectivity index (χ1) is 17.6. The molecule has 2 aromatic carbocycles. The van der Waals surface area contributed by atoms with Gasteiger partial charge < -0.3 is 14.2 Å². The van der Waals surface area contributed by atoms with Gasteiger partial charge in [-0.15, -0.1) is 0 Å². The number of carbonyl (C=O) groups excluding carboxylic acids is 1. The lowest BCUT2D eigenvalue weighted by Gasteiger charge is -2.24. The van der Waals surface area contributed by atoms with Crippen LogP contribution >= 0.6 is 0 Å². The van der Waals surface area contributed by atoms with Gasteiger partial charge in [0.2, 0.25) is 0 Å². The van der Waals surface area contributed by atoms with Gasteiger partial charge in [-0.1, -0.05) is 31.8 Å². The van der Waals surface area contributed by atoms with E-state index in [0.717, 1.165) is 23.6 Å². The number of benzene rings is 2. The molecule has 5 rings (SSSR count). The highest BCUT2D eigenvalue weighted by Gasteiger charge is 2.44. The van der Waals surface area contributed by atoms with E-state index in [1.54, 1.807) is 6.07 Å². The molecule has 2 atom stereocenters. The van der Waals surface area contributed by atoms with Crippen LogP contribution in [0.1, 0.15) is 63.8 Å². The Labute approximate surface area is 201 Å². The second-order valence-corrected chi connectivity index (χ2v) is 8.35. The Morgan fingerprint density at radius 3 is 2.82 bits per heavy atom. The Hall–Kier alpha value is -3.44.